The number of hydrogen-bond acceptors (Lipinski definition) is 5. The normalized spacial score (nSPS) is 16.9. The molecular formula is C20H20N4O4. The third-order valence-corrected chi connectivity index (χ3v) is 5.13. The number of nitrogens with zero attached hydrogens (tertiary/aromatic N) is 3. The van der Waals surface area contributed by atoms with Crippen LogP contribution < -0.4 is 4.74 Å². The van der Waals surface area contributed by atoms with Crippen molar-refractivity contribution in [1.82, 2.24) is 14.9 Å². The van der Waals surface area contributed by atoms with Gasteiger partial charge in [0.05, 0.1) is 28.6 Å². The molecular weight excluding hydrogens is 360 g/mol. The van der Waals surface area contributed by atoms with E-state index in [0.717, 1.165) is 29.7 Å². The van der Waals surface area contributed by atoms with Gasteiger partial charge in [-0.15, -0.1) is 0 Å². The number of imidazole rings is 1. The van der Waals surface area contributed by atoms with Gasteiger partial charge in [-0.25, -0.2) is 4.98 Å². The topological polar surface area (TPSA) is 101 Å². The van der Waals surface area contributed by atoms with Gasteiger partial charge < -0.3 is 14.6 Å². The number of piperidine rings is 1. The Labute approximate surface area is 161 Å². The van der Waals surface area contributed by atoms with E-state index >= 15 is 0 Å². The van der Waals surface area contributed by atoms with Crippen LogP contribution in [-0.4, -0.2) is 45.9 Å². The summed E-state index contributed by atoms with van der Waals surface area (Å²) in [6.07, 6.45) is 1.76. The lowest BCUT2D eigenvalue weighted by Gasteiger charge is -2.32. The summed E-state index contributed by atoms with van der Waals surface area (Å²) in [4.78, 5) is 33.4. The van der Waals surface area contributed by atoms with E-state index in [2.05, 4.69) is 9.97 Å². The van der Waals surface area contributed by atoms with E-state index < -0.39 is 4.92 Å². The number of aromatic nitrogens is 2. The SMILES string of the molecule is COc1ccc([N+](=O)[O-])cc1C(=O)N1CCCC(c2nc3ccccc3[nH]2)C1. The number of likely N-dealkylation sites (tertiary alicyclic amines) is 1. The molecule has 1 saturated heterocycles. The monoisotopic (exact) mass is 380 g/mol. The summed E-state index contributed by atoms with van der Waals surface area (Å²) in [5, 5.41) is 11.1. The standard InChI is InChI=1S/C20H20N4O4/c1-28-18-9-8-14(24(26)27)11-15(18)20(25)23-10-4-5-13(12-23)19-21-16-6-2-3-7-17(16)22-19/h2-3,6-9,11,13H,4-5,10,12H2,1H3,(H,21,22). The van der Waals surface area contributed by atoms with Crippen molar-refractivity contribution in [2.24, 2.45) is 0 Å². The molecule has 8 heteroatoms. The van der Waals surface area contributed by atoms with E-state index in [1.807, 2.05) is 24.3 Å². The number of non-ortho nitro benzene ring substituents is 1. The molecule has 1 unspecified atom stereocenters. The van der Waals surface area contributed by atoms with Crippen LogP contribution in [0.4, 0.5) is 5.69 Å². The van der Waals surface area contributed by atoms with Crippen molar-refractivity contribution < 1.29 is 14.5 Å². The summed E-state index contributed by atoms with van der Waals surface area (Å²) in [6.45, 7) is 1.10. The minimum absolute atomic E-state index is 0.0924. The van der Waals surface area contributed by atoms with Crippen molar-refractivity contribution in [3.05, 3.63) is 64.0 Å². The zero-order chi connectivity index (χ0) is 19.7. The number of amides is 1. The number of ether oxygens (including phenoxy) is 1. The van der Waals surface area contributed by atoms with Crippen molar-refractivity contribution in [3.8, 4) is 5.75 Å². The Kier molecular flexibility index (Phi) is 4.68. The molecule has 2 heterocycles. The second-order valence-electron chi connectivity index (χ2n) is 6.87. The summed E-state index contributed by atoms with van der Waals surface area (Å²) < 4.78 is 5.25. The van der Waals surface area contributed by atoms with Crippen molar-refractivity contribution in [1.29, 1.82) is 0 Å². The van der Waals surface area contributed by atoms with E-state index in [1.165, 1.54) is 25.3 Å². The molecule has 4 rings (SSSR count). The molecule has 0 aliphatic carbocycles. The molecule has 3 aromatic rings. The van der Waals surface area contributed by atoms with Crippen LogP contribution >= 0.6 is 0 Å². The molecule has 0 saturated carbocycles. The van der Waals surface area contributed by atoms with E-state index in [0.29, 0.717) is 18.8 Å². The minimum atomic E-state index is -0.510. The van der Waals surface area contributed by atoms with E-state index in [9.17, 15) is 14.9 Å². The smallest absolute Gasteiger partial charge is 0.270 e. The average molecular weight is 380 g/mol. The maximum Gasteiger partial charge on any atom is 0.270 e. The first kappa shape index (κ1) is 18.0. The minimum Gasteiger partial charge on any atom is -0.496 e. The van der Waals surface area contributed by atoms with Gasteiger partial charge >= 0.3 is 0 Å². The number of nitro benzene ring substituents is 1. The lowest BCUT2D eigenvalue weighted by atomic mass is 9.96. The van der Waals surface area contributed by atoms with Gasteiger partial charge in [-0.05, 0) is 31.0 Å². The molecule has 2 aromatic carbocycles. The zero-order valence-electron chi connectivity index (χ0n) is 15.4. The highest BCUT2D eigenvalue weighted by Gasteiger charge is 2.29. The Morgan fingerprint density at radius 3 is 2.89 bits per heavy atom. The molecule has 1 amide bonds. The predicted molar refractivity (Wildman–Crippen MR) is 104 cm³/mol. The number of benzene rings is 2. The molecule has 1 aromatic heterocycles. The highest BCUT2D eigenvalue weighted by Crippen LogP contribution is 2.30. The van der Waals surface area contributed by atoms with E-state index in [1.54, 1.807) is 4.90 Å². The van der Waals surface area contributed by atoms with Gasteiger partial charge in [0.2, 0.25) is 0 Å². The molecule has 0 bridgehead atoms. The largest absolute Gasteiger partial charge is 0.496 e. The van der Waals surface area contributed by atoms with Gasteiger partial charge in [-0.2, -0.15) is 0 Å². The fourth-order valence-electron chi connectivity index (χ4n) is 3.70. The third-order valence-electron chi connectivity index (χ3n) is 5.13. The Hall–Kier alpha value is -3.42. The second kappa shape index (κ2) is 7.30. The van der Waals surface area contributed by atoms with Gasteiger partial charge in [0.1, 0.15) is 11.6 Å². The number of carbonyl (C=O) groups excluding carboxylic acids is 1. The predicted octanol–water partition coefficient (Wildman–Crippen LogP) is 3.50. The first-order chi connectivity index (χ1) is 13.6. The number of methoxy groups -OCH3 is 1. The number of aromatic amines is 1. The first-order valence-electron chi connectivity index (χ1n) is 9.13. The summed E-state index contributed by atoms with van der Waals surface area (Å²) in [5.41, 5.74) is 1.96. The number of nitro groups is 1. The highest BCUT2D eigenvalue weighted by atomic mass is 16.6. The summed E-state index contributed by atoms with van der Waals surface area (Å²) >= 11 is 0. The molecule has 1 N–H and O–H groups in total. The quantitative estimate of drug-likeness (QED) is 0.551. The summed E-state index contributed by atoms with van der Waals surface area (Å²) in [6, 6.07) is 11.9. The van der Waals surface area contributed by atoms with Crippen molar-refractivity contribution in [3.63, 3.8) is 0 Å². The Balaban J connectivity index is 1.60. The first-order valence-corrected chi connectivity index (χ1v) is 9.13. The molecule has 1 aliphatic rings. The molecule has 1 fully saturated rings. The van der Waals surface area contributed by atoms with E-state index in [4.69, 9.17) is 4.74 Å². The molecule has 0 radical (unpaired) electrons. The van der Waals surface area contributed by atoms with E-state index in [-0.39, 0.29) is 23.1 Å². The number of nitrogens with one attached hydrogen (secondary N) is 1. The summed E-state index contributed by atoms with van der Waals surface area (Å²) in [7, 11) is 1.45. The number of hydrogen-bond donors (Lipinski definition) is 1. The Bertz CT molecular complexity index is 1010. The lowest BCUT2D eigenvalue weighted by molar-refractivity contribution is -0.384. The van der Waals surface area contributed by atoms with Crippen molar-refractivity contribution in [2.75, 3.05) is 20.2 Å². The zero-order valence-corrected chi connectivity index (χ0v) is 15.4. The van der Waals surface area contributed by atoms with Gasteiger partial charge in [0, 0.05) is 31.1 Å². The number of H-pyrrole nitrogens is 1. The van der Waals surface area contributed by atoms with Gasteiger partial charge in [0.25, 0.3) is 11.6 Å². The molecule has 1 aliphatic heterocycles. The fraction of sp³-hybridized carbons (Fsp3) is 0.300. The highest BCUT2D eigenvalue weighted by molar-refractivity contribution is 5.97. The molecule has 1 atom stereocenters. The maximum atomic E-state index is 13.1. The lowest BCUT2D eigenvalue weighted by Crippen LogP contribution is -2.39. The van der Waals surface area contributed by atoms with Crippen LogP contribution in [0, 0.1) is 10.1 Å². The number of rotatable bonds is 4. The number of para-hydroxylation sites is 2. The Morgan fingerprint density at radius 2 is 2.14 bits per heavy atom. The van der Waals surface area contributed by atoms with Crippen LogP contribution in [0.15, 0.2) is 42.5 Å². The molecule has 28 heavy (non-hydrogen) atoms. The average Bonchev–Trinajstić information content (AvgIpc) is 3.17. The molecule has 8 nitrogen and oxygen atoms in total. The molecule has 144 valence electrons. The van der Waals surface area contributed by atoms with Gasteiger partial charge in [-0.3, -0.25) is 14.9 Å². The van der Waals surface area contributed by atoms with Crippen LogP contribution in [0.1, 0.15) is 34.9 Å². The van der Waals surface area contributed by atoms with Gasteiger partial charge in [0.15, 0.2) is 0 Å². The van der Waals surface area contributed by atoms with Crippen molar-refractivity contribution in [2.45, 2.75) is 18.8 Å². The van der Waals surface area contributed by atoms with Crippen molar-refractivity contribution >= 4 is 22.6 Å². The van der Waals surface area contributed by atoms with Crippen LogP contribution in [0.5, 0.6) is 5.75 Å². The van der Waals surface area contributed by atoms with Crippen LogP contribution in [-0.2, 0) is 0 Å². The third kappa shape index (κ3) is 3.28. The fourth-order valence-corrected chi connectivity index (χ4v) is 3.70. The van der Waals surface area contributed by atoms with Crippen LogP contribution in [0.25, 0.3) is 11.0 Å². The summed E-state index contributed by atoms with van der Waals surface area (Å²) in [5.74, 6) is 1.03. The van der Waals surface area contributed by atoms with Crippen LogP contribution in [0.3, 0.4) is 0 Å². The maximum absolute atomic E-state index is 13.1. The molecule has 0 spiro atoms. The second-order valence-corrected chi connectivity index (χ2v) is 6.87. The van der Waals surface area contributed by atoms with Gasteiger partial charge in [-0.1, -0.05) is 12.1 Å². The number of carbonyl (C=O) groups is 1. The van der Waals surface area contributed by atoms with Crippen LogP contribution in [0.2, 0.25) is 0 Å². The Morgan fingerprint density at radius 1 is 1.32 bits per heavy atom. The number of fused-ring (bicyclic) bond motifs is 1.